The predicted molar refractivity (Wildman–Crippen MR) is 330 cm³/mol. The van der Waals surface area contributed by atoms with Crippen molar-refractivity contribution >= 4 is 17.9 Å². The highest BCUT2D eigenvalue weighted by Gasteiger charge is 2.19. The maximum atomic E-state index is 12.8. The minimum atomic E-state index is -0.777. The molecule has 0 bridgehead atoms. The number of carbonyl (C=O) groups excluding carboxylic acids is 3. The second-order valence-electron chi connectivity index (χ2n) is 21.3. The van der Waals surface area contributed by atoms with E-state index >= 15 is 0 Å². The van der Waals surface area contributed by atoms with E-state index in [1.54, 1.807) is 0 Å². The van der Waals surface area contributed by atoms with Crippen LogP contribution >= 0.6 is 0 Å². The quantitative estimate of drug-likeness (QED) is 0.0261. The largest absolute Gasteiger partial charge is 0.462 e. The van der Waals surface area contributed by atoms with Crippen LogP contribution in [0.2, 0.25) is 0 Å². The summed E-state index contributed by atoms with van der Waals surface area (Å²) < 4.78 is 16.9. The van der Waals surface area contributed by atoms with Crippen LogP contribution in [-0.4, -0.2) is 37.2 Å². The molecule has 6 nitrogen and oxygen atoms in total. The first-order valence-electron chi connectivity index (χ1n) is 32.2. The van der Waals surface area contributed by atoms with E-state index in [0.717, 1.165) is 116 Å². The third kappa shape index (κ3) is 61.2. The van der Waals surface area contributed by atoms with Crippen LogP contribution in [0.5, 0.6) is 0 Å². The highest BCUT2D eigenvalue weighted by molar-refractivity contribution is 5.71. The Balaban J connectivity index is 4.08. The SMILES string of the molecule is CC/C=C\C/C=C\C/C=C\C/C=C\C/C=C\C/C=C\C/C=C\CCCCCCCCCCCCCCCC(=O)OCC(COC(=O)CCCCCCC/C=C\CCC)OC(=O)CCCCCCCCCCCCCCC. The Kier molecular flexibility index (Phi) is 60.8. The standard InChI is InChI=1S/C70H120O6/c1-4-7-10-13-16-19-22-24-25-26-27-28-29-30-31-32-33-34-35-36-37-38-39-40-41-42-43-44-45-47-48-51-54-57-60-63-69(72)75-66-67(65-74-68(71)62-59-56-53-50-21-18-15-12-9-6-3)76-70(73)64-61-58-55-52-49-46-23-20-17-14-11-8-5-2/h7,10,12,15-16,19,24-25,27-28,30-31,33-34,36-37,67H,4-6,8-9,11,13-14,17-18,20-23,26,29,32,35,38-66H2,1-3H3/b10-7-,15-12-,19-16-,25-24-,28-27-,31-30-,34-33-,37-36-. The molecule has 0 N–H and O–H groups in total. The molecule has 0 saturated carbocycles. The summed E-state index contributed by atoms with van der Waals surface area (Å²) in [7, 11) is 0. The normalized spacial score (nSPS) is 12.7. The summed E-state index contributed by atoms with van der Waals surface area (Å²) in [6, 6.07) is 0. The fourth-order valence-electron chi connectivity index (χ4n) is 9.02. The van der Waals surface area contributed by atoms with Crippen LogP contribution in [0.3, 0.4) is 0 Å². The van der Waals surface area contributed by atoms with Crippen molar-refractivity contribution in [3.63, 3.8) is 0 Å². The summed E-state index contributed by atoms with van der Waals surface area (Å²) in [6.07, 6.45) is 85.8. The minimum Gasteiger partial charge on any atom is -0.462 e. The fourth-order valence-corrected chi connectivity index (χ4v) is 9.02. The van der Waals surface area contributed by atoms with Crippen LogP contribution in [0.15, 0.2) is 97.2 Å². The van der Waals surface area contributed by atoms with Gasteiger partial charge in [0.2, 0.25) is 0 Å². The molecule has 0 aliphatic heterocycles. The van der Waals surface area contributed by atoms with Crippen LogP contribution in [0.1, 0.15) is 310 Å². The number of esters is 3. The Morgan fingerprint density at radius 2 is 0.539 bits per heavy atom. The monoisotopic (exact) mass is 1060 g/mol. The van der Waals surface area contributed by atoms with Gasteiger partial charge in [-0.15, -0.1) is 0 Å². The van der Waals surface area contributed by atoms with E-state index in [1.165, 1.54) is 154 Å². The molecule has 6 heteroatoms. The molecule has 1 atom stereocenters. The van der Waals surface area contributed by atoms with E-state index in [9.17, 15) is 14.4 Å². The summed E-state index contributed by atoms with van der Waals surface area (Å²) in [5.41, 5.74) is 0. The Labute approximate surface area is 470 Å². The molecule has 0 aromatic carbocycles. The zero-order chi connectivity index (χ0) is 55.0. The fraction of sp³-hybridized carbons (Fsp3) is 0.729. The third-order valence-electron chi connectivity index (χ3n) is 13.8. The smallest absolute Gasteiger partial charge is 0.306 e. The summed E-state index contributed by atoms with van der Waals surface area (Å²) in [4.78, 5) is 38.1. The molecule has 0 amide bonds. The zero-order valence-corrected chi connectivity index (χ0v) is 50.0. The summed E-state index contributed by atoms with van der Waals surface area (Å²) in [5, 5.41) is 0. The van der Waals surface area contributed by atoms with Crippen molar-refractivity contribution in [3.05, 3.63) is 97.2 Å². The van der Waals surface area contributed by atoms with Crippen molar-refractivity contribution in [2.45, 2.75) is 316 Å². The van der Waals surface area contributed by atoms with Crippen molar-refractivity contribution in [1.82, 2.24) is 0 Å². The minimum absolute atomic E-state index is 0.0766. The van der Waals surface area contributed by atoms with Gasteiger partial charge in [-0.3, -0.25) is 14.4 Å². The van der Waals surface area contributed by atoms with E-state index < -0.39 is 6.10 Å². The molecule has 0 aromatic heterocycles. The number of rotatable bonds is 58. The Hall–Kier alpha value is -3.67. The number of unbranched alkanes of at least 4 members (excludes halogenated alkanes) is 31. The Bertz CT molecular complexity index is 1490. The van der Waals surface area contributed by atoms with Gasteiger partial charge in [-0.05, 0) is 96.3 Å². The number of carbonyl (C=O) groups is 3. The number of ether oxygens (including phenoxy) is 3. The summed E-state index contributed by atoms with van der Waals surface area (Å²) in [5.74, 6) is -0.879. The first-order chi connectivity index (χ1) is 37.5. The van der Waals surface area contributed by atoms with Crippen molar-refractivity contribution in [2.24, 2.45) is 0 Å². The van der Waals surface area contributed by atoms with Gasteiger partial charge in [0.1, 0.15) is 13.2 Å². The molecule has 0 aromatic rings. The molecule has 0 aliphatic rings. The molecule has 0 aliphatic carbocycles. The van der Waals surface area contributed by atoms with Crippen LogP contribution in [0, 0.1) is 0 Å². The predicted octanol–water partition coefficient (Wildman–Crippen LogP) is 22.0. The molecule has 76 heavy (non-hydrogen) atoms. The number of allylic oxidation sites excluding steroid dienone is 16. The first kappa shape index (κ1) is 72.3. The van der Waals surface area contributed by atoms with Gasteiger partial charge in [0.05, 0.1) is 0 Å². The maximum absolute atomic E-state index is 12.8. The Morgan fingerprint density at radius 1 is 0.276 bits per heavy atom. The average molecular weight is 1060 g/mol. The van der Waals surface area contributed by atoms with Gasteiger partial charge < -0.3 is 14.2 Å². The molecule has 0 spiro atoms. The van der Waals surface area contributed by atoms with Crippen molar-refractivity contribution < 1.29 is 28.6 Å². The topological polar surface area (TPSA) is 78.9 Å². The molecule has 0 fully saturated rings. The molecule has 1 unspecified atom stereocenters. The van der Waals surface area contributed by atoms with Gasteiger partial charge in [-0.1, -0.05) is 291 Å². The van der Waals surface area contributed by atoms with Gasteiger partial charge in [0.25, 0.3) is 0 Å². The highest BCUT2D eigenvalue weighted by atomic mass is 16.6. The molecule has 436 valence electrons. The second kappa shape index (κ2) is 63.9. The molecular weight excluding hydrogens is 937 g/mol. The molecule has 0 heterocycles. The van der Waals surface area contributed by atoms with Gasteiger partial charge in [0.15, 0.2) is 6.10 Å². The molecule has 0 radical (unpaired) electrons. The van der Waals surface area contributed by atoms with Crippen molar-refractivity contribution in [1.29, 1.82) is 0 Å². The Morgan fingerprint density at radius 3 is 0.868 bits per heavy atom. The zero-order valence-electron chi connectivity index (χ0n) is 50.0. The lowest BCUT2D eigenvalue weighted by molar-refractivity contribution is -0.167. The third-order valence-corrected chi connectivity index (χ3v) is 13.8. The molecular formula is C70H120O6. The molecule has 0 rings (SSSR count). The lowest BCUT2D eigenvalue weighted by atomic mass is 10.0. The lowest BCUT2D eigenvalue weighted by Gasteiger charge is -2.18. The van der Waals surface area contributed by atoms with Crippen LogP contribution in [-0.2, 0) is 28.6 Å². The van der Waals surface area contributed by atoms with Gasteiger partial charge in [-0.2, -0.15) is 0 Å². The van der Waals surface area contributed by atoms with E-state index in [0.29, 0.717) is 19.3 Å². The maximum Gasteiger partial charge on any atom is 0.306 e. The van der Waals surface area contributed by atoms with Crippen LogP contribution in [0.4, 0.5) is 0 Å². The van der Waals surface area contributed by atoms with E-state index in [-0.39, 0.29) is 31.1 Å². The average Bonchev–Trinajstić information content (AvgIpc) is 3.42. The number of hydrogen-bond acceptors (Lipinski definition) is 6. The number of hydrogen-bond donors (Lipinski definition) is 0. The second-order valence-corrected chi connectivity index (χ2v) is 21.3. The first-order valence-corrected chi connectivity index (χ1v) is 32.2. The summed E-state index contributed by atoms with van der Waals surface area (Å²) in [6.45, 7) is 6.47. The van der Waals surface area contributed by atoms with Gasteiger partial charge in [0, 0.05) is 19.3 Å². The van der Waals surface area contributed by atoms with Gasteiger partial charge in [-0.25, -0.2) is 0 Å². The van der Waals surface area contributed by atoms with E-state index in [1.807, 2.05) is 0 Å². The lowest BCUT2D eigenvalue weighted by Crippen LogP contribution is -2.30. The molecule has 0 saturated heterocycles. The van der Waals surface area contributed by atoms with Crippen molar-refractivity contribution in [2.75, 3.05) is 13.2 Å². The summed E-state index contributed by atoms with van der Waals surface area (Å²) >= 11 is 0. The van der Waals surface area contributed by atoms with E-state index in [2.05, 4.69) is 118 Å². The van der Waals surface area contributed by atoms with Crippen molar-refractivity contribution in [3.8, 4) is 0 Å². The van der Waals surface area contributed by atoms with Gasteiger partial charge >= 0.3 is 17.9 Å². The van der Waals surface area contributed by atoms with Crippen LogP contribution < -0.4 is 0 Å². The van der Waals surface area contributed by atoms with Crippen LogP contribution in [0.25, 0.3) is 0 Å². The highest BCUT2D eigenvalue weighted by Crippen LogP contribution is 2.17. The van der Waals surface area contributed by atoms with E-state index in [4.69, 9.17) is 14.2 Å².